The lowest BCUT2D eigenvalue weighted by molar-refractivity contribution is -0.118. The number of halogens is 1. The highest BCUT2D eigenvalue weighted by Gasteiger charge is 2.11. The van der Waals surface area contributed by atoms with Gasteiger partial charge in [-0.3, -0.25) is 4.79 Å². The molecular weight excluding hydrogens is 228 g/mol. The summed E-state index contributed by atoms with van der Waals surface area (Å²) in [5.41, 5.74) is 6.68. The summed E-state index contributed by atoms with van der Waals surface area (Å²) in [5.74, 6) is 0.117. The molecule has 1 aromatic rings. The van der Waals surface area contributed by atoms with Crippen LogP contribution in [-0.2, 0) is 4.79 Å². The first-order valence-corrected chi connectivity index (χ1v) is 5.33. The van der Waals surface area contributed by atoms with Crippen LogP contribution in [0, 0.1) is 13.8 Å². The van der Waals surface area contributed by atoms with Crippen LogP contribution in [0.1, 0.15) is 24.7 Å². The SMILES string of the molecule is Cc1nc(Cl)c(NC(C)CC(N)=O)nc1C. The van der Waals surface area contributed by atoms with Crippen LogP contribution in [0.3, 0.4) is 0 Å². The molecular formula is C10H15ClN4O. The van der Waals surface area contributed by atoms with Crippen LogP contribution in [-0.4, -0.2) is 21.9 Å². The van der Waals surface area contributed by atoms with Crippen LogP contribution >= 0.6 is 11.6 Å². The van der Waals surface area contributed by atoms with Crippen molar-refractivity contribution in [2.75, 3.05) is 5.32 Å². The van der Waals surface area contributed by atoms with Gasteiger partial charge in [-0.25, -0.2) is 9.97 Å². The summed E-state index contributed by atoms with van der Waals surface area (Å²) in [5, 5.41) is 3.31. The minimum absolute atomic E-state index is 0.119. The topological polar surface area (TPSA) is 80.9 Å². The molecule has 5 nitrogen and oxygen atoms in total. The highest BCUT2D eigenvalue weighted by atomic mass is 35.5. The van der Waals surface area contributed by atoms with Crippen LogP contribution in [0.2, 0.25) is 5.15 Å². The predicted molar refractivity (Wildman–Crippen MR) is 63.4 cm³/mol. The van der Waals surface area contributed by atoms with E-state index >= 15 is 0 Å². The number of nitrogens with zero attached hydrogens (tertiary/aromatic N) is 2. The van der Waals surface area contributed by atoms with E-state index in [-0.39, 0.29) is 18.4 Å². The summed E-state index contributed by atoms with van der Waals surface area (Å²) < 4.78 is 0. The first kappa shape index (κ1) is 12.7. The van der Waals surface area contributed by atoms with Crippen LogP contribution in [0.4, 0.5) is 5.82 Å². The molecule has 0 saturated heterocycles. The van der Waals surface area contributed by atoms with Crippen molar-refractivity contribution in [2.24, 2.45) is 5.73 Å². The first-order valence-electron chi connectivity index (χ1n) is 4.95. The molecule has 0 aliphatic carbocycles. The number of rotatable bonds is 4. The maximum absolute atomic E-state index is 10.7. The van der Waals surface area contributed by atoms with E-state index in [0.717, 1.165) is 11.4 Å². The van der Waals surface area contributed by atoms with Crippen molar-refractivity contribution in [2.45, 2.75) is 33.2 Å². The second kappa shape index (κ2) is 5.12. The van der Waals surface area contributed by atoms with Crippen LogP contribution in [0.25, 0.3) is 0 Å². The maximum Gasteiger partial charge on any atom is 0.219 e. The van der Waals surface area contributed by atoms with Crippen molar-refractivity contribution in [1.82, 2.24) is 9.97 Å². The second-order valence-electron chi connectivity index (χ2n) is 3.75. The smallest absolute Gasteiger partial charge is 0.219 e. The number of amides is 1. The van der Waals surface area contributed by atoms with E-state index < -0.39 is 0 Å². The Morgan fingerprint density at radius 1 is 1.44 bits per heavy atom. The Labute approximate surface area is 99.4 Å². The minimum atomic E-state index is -0.368. The van der Waals surface area contributed by atoms with Gasteiger partial charge in [0.1, 0.15) is 0 Å². The average molecular weight is 243 g/mol. The summed E-state index contributed by atoms with van der Waals surface area (Å²) in [7, 11) is 0. The Balaban J connectivity index is 2.81. The Morgan fingerprint density at radius 3 is 2.56 bits per heavy atom. The fourth-order valence-electron chi connectivity index (χ4n) is 1.25. The molecule has 1 atom stereocenters. The van der Waals surface area contributed by atoms with Gasteiger partial charge in [-0.05, 0) is 20.8 Å². The van der Waals surface area contributed by atoms with E-state index in [1.807, 2.05) is 20.8 Å². The molecule has 0 aliphatic rings. The van der Waals surface area contributed by atoms with Crippen molar-refractivity contribution >= 4 is 23.3 Å². The normalized spacial score (nSPS) is 12.2. The Bertz CT molecular complexity index is 408. The van der Waals surface area contributed by atoms with E-state index in [2.05, 4.69) is 15.3 Å². The minimum Gasteiger partial charge on any atom is -0.370 e. The summed E-state index contributed by atoms with van der Waals surface area (Å²) >= 11 is 5.93. The number of anilines is 1. The predicted octanol–water partition coefficient (Wildman–Crippen LogP) is 1.42. The fraction of sp³-hybridized carbons (Fsp3) is 0.500. The van der Waals surface area contributed by atoms with Gasteiger partial charge in [-0.15, -0.1) is 0 Å². The third-order valence-corrected chi connectivity index (χ3v) is 2.42. The molecule has 0 spiro atoms. The molecule has 1 amide bonds. The molecule has 88 valence electrons. The van der Waals surface area contributed by atoms with Crippen molar-refractivity contribution in [3.8, 4) is 0 Å². The Kier molecular flexibility index (Phi) is 4.06. The molecule has 1 aromatic heterocycles. The maximum atomic E-state index is 10.7. The molecule has 16 heavy (non-hydrogen) atoms. The molecule has 1 heterocycles. The highest BCUT2D eigenvalue weighted by Crippen LogP contribution is 2.19. The molecule has 0 aliphatic heterocycles. The standard InChI is InChI=1S/C10H15ClN4O/c1-5(4-8(12)16)13-10-9(11)14-6(2)7(3)15-10/h5H,4H2,1-3H3,(H2,12,16)(H,13,15). The zero-order valence-corrected chi connectivity index (χ0v) is 10.3. The molecule has 0 bridgehead atoms. The van der Waals surface area contributed by atoms with E-state index in [1.54, 1.807) is 0 Å². The van der Waals surface area contributed by atoms with Gasteiger partial charge in [0.2, 0.25) is 5.91 Å². The lowest BCUT2D eigenvalue weighted by Gasteiger charge is -2.14. The van der Waals surface area contributed by atoms with Crippen molar-refractivity contribution in [3.63, 3.8) is 0 Å². The van der Waals surface area contributed by atoms with Crippen LogP contribution in [0.15, 0.2) is 0 Å². The number of aromatic nitrogens is 2. The van der Waals surface area contributed by atoms with Crippen LogP contribution in [0.5, 0.6) is 0 Å². The summed E-state index contributed by atoms with van der Waals surface area (Å²) in [6, 6.07) is -0.119. The number of nitrogens with two attached hydrogens (primary N) is 1. The highest BCUT2D eigenvalue weighted by molar-refractivity contribution is 6.31. The number of hydrogen-bond donors (Lipinski definition) is 2. The van der Waals surface area contributed by atoms with Gasteiger partial charge in [0.05, 0.1) is 11.4 Å². The molecule has 1 rings (SSSR count). The molecule has 6 heteroatoms. The number of aryl methyl sites for hydroxylation is 2. The fourth-order valence-corrected chi connectivity index (χ4v) is 1.48. The van der Waals surface area contributed by atoms with Gasteiger partial charge in [0, 0.05) is 12.5 Å². The summed E-state index contributed by atoms with van der Waals surface area (Å²) in [6.07, 6.45) is 0.227. The lowest BCUT2D eigenvalue weighted by atomic mass is 10.2. The Hall–Kier alpha value is -1.36. The monoisotopic (exact) mass is 242 g/mol. The van der Waals surface area contributed by atoms with Gasteiger partial charge in [0.25, 0.3) is 0 Å². The zero-order chi connectivity index (χ0) is 12.3. The number of carbonyl (C=O) groups excluding carboxylic acids is 1. The second-order valence-corrected chi connectivity index (χ2v) is 4.11. The van der Waals surface area contributed by atoms with Gasteiger partial charge in [-0.1, -0.05) is 11.6 Å². The van der Waals surface area contributed by atoms with Crippen LogP contribution < -0.4 is 11.1 Å². The van der Waals surface area contributed by atoms with Gasteiger partial charge in [-0.2, -0.15) is 0 Å². The van der Waals surface area contributed by atoms with Gasteiger partial charge < -0.3 is 11.1 Å². The molecule has 0 saturated carbocycles. The number of nitrogens with one attached hydrogen (secondary N) is 1. The van der Waals surface area contributed by atoms with E-state index in [1.165, 1.54) is 0 Å². The van der Waals surface area contributed by atoms with E-state index in [4.69, 9.17) is 17.3 Å². The molecule has 0 fully saturated rings. The largest absolute Gasteiger partial charge is 0.370 e. The third-order valence-electron chi connectivity index (χ3n) is 2.15. The lowest BCUT2D eigenvalue weighted by Crippen LogP contribution is -2.24. The zero-order valence-electron chi connectivity index (χ0n) is 9.54. The third kappa shape index (κ3) is 3.34. The summed E-state index contributed by atoms with van der Waals surface area (Å²) in [6.45, 7) is 5.52. The Morgan fingerprint density at radius 2 is 2.00 bits per heavy atom. The molecule has 3 N–H and O–H groups in total. The van der Waals surface area contributed by atoms with Crippen molar-refractivity contribution in [1.29, 1.82) is 0 Å². The van der Waals surface area contributed by atoms with Gasteiger partial charge >= 0.3 is 0 Å². The quantitative estimate of drug-likeness (QED) is 0.837. The average Bonchev–Trinajstić information content (AvgIpc) is 2.12. The van der Waals surface area contributed by atoms with Gasteiger partial charge in [0.15, 0.2) is 11.0 Å². The summed E-state index contributed by atoms with van der Waals surface area (Å²) in [4.78, 5) is 19.1. The number of hydrogen-bond acceptors (Lipinski definition) is 4. The van der Waals surface area contributed by atoms with E-state index in [0.29, 0.717) is 11.0 Å². The van der Waals surface area contributed by atoms with Crippen molar-refractivity contribution < 1.29 is 4.79 Å². The number of primary amides is 1. The molecule has 1 unspecified atom stereocenters. The van der Waals surface area contributed by atoms with E-state index in [9.17, 15) is 4.79 Å². The molecule has 0 aromatic carbocycles. The molecule has 0 radical (unpaired) electrons. The number of carbonyl (C=O) groups is 1. The first-order chi connectivity index (χ1) is 7.40. The van der Waals surface area contributed by atoms with Crippen molar-refractivity contribution in [3.05, 3.63) is 16.5 Å².